The van der Waals surface area contributed by atoms with Crippen molar-refractivity contribution in [3.63, 3.8) is 0 Å². The number of hydrogen-bond acceptors (Lipinski definition) is 4. The minimum absolute atomic E-state index is 0.195. The summed E-state index contributed by atoms with van der Waals surface area (Å²) in [5.41, 5.74) is 1.12. The number of likely N-dealkylation sites (tertiary alicyclic amines) is 1. The summed E-state index contributed by atoms with van der Waals surface area (Å²) in [4.78, 5) is 18.8. The molecule has 130 valence electrons. The predicted octanol–water partition coefficient (Wildman–Crippen LogP) is 2.40. The second-order valence-electron chi connectivity index (χ2n) is 7.31. The topological polar surface area (TPSA) is 51.7 Å². The molecule has 1 unspecified atom stereocenters. The van der Waals surface area contributed by atoms with Crippen molar-refractivity contribution >= 4 is 5.91 Å². The molecule has 3 heterocycles. The van der Waals surface area contributed by atoms with Gasteiger partial charge < -0.3 is 14.4 Å². The van der Waals surface area contributed by atoms with Crippen LogP contribution >= 0.6 is 0 Å². The van der Waals surface area contributed by atoms with Gasteiger partial charge in [-0.1, -0.05) is 12.5 Å². The number of carbonyl (C=O) groups excluding carboxylic acids is 1. The van der Waals surface area contributed by atoms with Gasteiger partial charge >= 0.3 is 0 Å². The number of nitrogens with zero attached hydrogens (tertiary/aromatic N) is 2. The Labute approximate surface area is 143 Å². The number of fused-ring (bicyclic) bond motifs is 1. The van der Waals surface area contributed by atoms with Gasteiger partial charge in [0.25, 0.3) is 5.91 Å². The molecule has 0 N–H and O–H groups in total. The van der Waals surface area contributed by atoms with Crippen LogP contribution in [0.5, 0.6) is 0 Å². The Morgan fingerprint density at radius 3 is 3.04 bits per heavy atom. The molecule has 4 atom stereocenters. The van der Waals surface area contributed by atoms with Crippen LogP contribution in [0.3, 0.4) is 0 Å². The fraction of sp³-hybridized carbons (Fsp3) is 0.684. The standard InChI is InChI=1S/C19H26N2O3/c22-19(18-7-3-9-23-18)21-11-15-5-1-6-17(16(15)12-21)24-13-14-4-2-8-20-10-14/h2,4,8,10,15-18H,1,3,5-7,9,11-13H2/t15-,16+,17?,18+/m1/s1. The monoisotopic (exact) mass is 330 g/mol. The highest BCUT2D eigenvalue weighted by molar-refractivity contribution is 5.81. The van der Waals surface area contributed by atoms with E-state index in [9.17, 15) is 4.79 Å². The van der Waals surface area contributed by atoms with Gasteiger partial charge in [-0.3, -0.25) is 9.78 Å². The Bertz CT molecular complexity index is 559. The zero-order valence-corrected chi connectivity index (χ0v) is 14.1. The van der Waals surface area contributed by atoms with Crippen LogP contribution in [0.4, 0.5) is 0 Å². The molecule has 4 rings (SSSR count). The predicted molar refractivity (Wildman–Crippen MR) is 89.2 cm³/mol. The smallest absolute Gasteiger partial charge is 0.251 e. The molecule has 2 aliphatic heterocycles. The molecule has 1 saturated carbocycles. The Hall–Kier alpha value is -1.46. The summed E-state index contributed by atoms with van der Waals surface area (Å²) in [6.07, 6.45) is 9.11. The fourth-order valence-electron chi connectivity index (χ4n) is 4.47. The molecule has 5 nitrogen and oxygen atoms in total. The summed E-state index contributed by atoms with van der Waals surface area (Å²) in [6, 6.07) is 4.00. The third-order valence-corrected chi connectivity index (χ3v) is 5.74. The first-order chi connectivity index (χ1) is 11.8. The van der Waals surface area contributed by atoms with Gasteiger partial charge in [-0.2, -0.15) is 0 Å². The van der Waals surface area contributed by atoms with Gasteiger partial charge in [-0.25, -0.2) is 0 Å². The number of amides is 1. The van der Waals surface area contributed by atoms with E-state index in [4.69, 9.17) is 9.47 Å². The molecule has 3 aliphatic rings. The van der Waals surface area contributed by atoms with E-state index >= 15 is 0 Å². The Morgan fingerprint density at radius 1 is 1.29 bits per heavy atom. The molecule has 1 amide bonds. The summed E-state index contributed by atoms with van der Waals surface area (Å²) in [7, 11) is 0. The summed E-state index contributed by atoms with van der Waals surface area (Å²) in [5, 5.41) is 0. The van der Waals surface area contributed by atoms with Crippen LogP contribution in [0.15, 0.2) is 24.5 Å². The molecule has 1 aliphatic carbocycles. The molecule has 1 aromatic heterocycles. The summed E-state index contributed by atoms with van der Waals surface area (Å²) >= 11 is 0. The van der Waals surface area contributed by atoms with Crippen molar-refractivity contribution in [2.75, 3.05) is 19.7 Å². The highest BCUT2D eigenvalue weighted by Gasteiger charge is 2.43. The molecular formula is C19H26N2O3. The van der Waals surface area contributed by atoms with E-state index in [1.54, 1.807) is 6.20 Å². The Balaban J connectivity index is 1.36. The number of ether oxygens (including phenoxy) is 2. The van der Waals surface area contributed by atoms with Crippen LogP contribution in [0.2, 0.25) is 0 Å². The zero-order valence-electron chi connectivity index (χ0n) is 14.1. The molecule has 0 aromatic carbocycles. The number of pyridine rings is 1. The van der Waals surface area contributed by atoms with Gasteiger partial charge in [-0.05, 0) is 43.2 Å². The van der Waals surface area contributed by atoms with Crippen LogP contribution in [0.1, 0.15) is 37.7 Å². The summed E-state index contributed by atoms with van der Waals surface area (Å²) in [6.45, 7) is 3.06. The van der Waals surface area contributed by atoms with E-state index < -0.39 is 0 Å². The van der Waals surface area contributed by atoms with E-state index in [0.29, 0.717) is 18.4 Å². The number of carbonyl (C=O) groups is 1. The minimum atomic E-state index is -0.195. The lowest BCUT2D eigenvalue weighted by Gasteiger charge is -2.32. The first-order valence-corrected chi connectivity index (χ1v) is 9.22. The number of rotatable bonds is 4. The normalized spacial score (nSPS) is 32.8. The maximum absolute atomic E-state index is 12.6. The van der Waals surface area contributed by atoms with Gasteiger partial charge in [0.15, 0.2) is 0 Å². The lowest BCUT2D eigenvalue weighted by Crippen LogP contribution is -2.38. The maximum Gasteiger partial charge on any atom is 0.251 e. The van der Waals surface area contributed by atoms with Crippen molar-refractivity contribution in [2.24, 2.45) is 11.8 Å². The average Bonchev–Trinajstić information content (AvgIpc) is 3.30. The first kappa shape index (κ1) is 16.0. The summed E-state index contributed by atoms with van der Waals surface area (Å²) in [5.74, 6) is 1.26. The molecular weight excluding hydrogens is 304 g/mol. The highest BCUT2D eigenvalue weighted by atomic mass is 16.5. The van der Waals surface area contributed by atoms with Crippen molar-refractivity contribution < 1.29 is 14.3 Å². The van der Waals surface area contributed by atoms with Crippen LogP contribution in [0, 0.1) is 11.8 Å². The van der Waals surface area contributed by atoms with E-state index in [0.717, 1.165) is 44.5 Å². The quantitative estimate of drug-likeness (QED) is 0.851. The number of aromatic nitrogens is 1. The van der Waals surface area contributed by atoms with E-state index in [1.165, 1.54) is 12.8 Å². The van der Waals surface area contributed by atoms with Gasteiger partial charge in [0, 0.05) is 38.0 Å². The summed E-state index contributed by atoms with van der Waals surface area (Å²) < 4.78 is 11.8. The third kappa shape index (κ3) is 3.33. The molecule has 0 radical (unpaired) electrons. The van der Waals surface area contributed by atoms with Crippen LogP contribution in [-0.4, -0.2) is 47.7 Å². The van der Waals surface area contributed by atoms with Crippen molar-refractivity contribution in [1.29, 1.82) is 0 Å². The van der Waals surface area contributed by atoms with Gasteiger partial charge in [0.1, 0.15) is 6.10 Å². The van der Waals surface area contributed by atoms with Crippen LogP contribution < -0.4 is 0 Å². The Morgan fingerprint density at radius 2 is 2.25 bits per heavy atom. The van der Waals surface area contributed by atoms with E-state index in [1.807, 2.05) is 17.2 Å². The first-order valence-electron chi connectivity index (χ1n) is 9.22. The molecule has 3 fully saturated rings. The Kier molecular flexibility index (Phi) is 4.81. The second-order valence-corrected chi connectivity index (χ2v) is 7.31. The fourth-order valence-corrected chi connectivity index (χ4v) is 4.47. The minimum Gasteiger partial charge on any atom is -0.373 e. The van der Waals surface area contributed by atoms with E-state index in [-0.39, 0.29) is 18.1 Å². The van der Waals surface area contributed by atoms with Gasteiger partial charge in [-0.15, -0.1) is 0 Å². The van der Waals surface area contributed by atoms with Crippen LogP contribution in [0.25, 0.3) is 0 Å². The number of hydrogen-bond donors (Lipinski definition) is 0. The van der Waals surface area contributed by atoms with Crippen molar-refractivity contribution in [3.8, 4) is 0 Å². The molecule has 5 heteroatoms. The van der Waals surface area contributed by atoms with Crippen molar-refractivity contribution in [1.82, 2.24) is 9.88 Å². The zero-order chi connectivity index (χ0) is 16.4. The SMILES string of the molecule is O=C([C@@H]1CCCO1)N1C[C@H]2CCCC(OCc3cccnc3)[C@H]2C1. The maximum atomic E-state index is 12.6. The second kappa shape index (κ2) is 7.19. The lowest BCUT2D eigenvalue weighted by molar-refractivity contribution is -0.140. The molecule has 0 bridgehead atoms. The molecule has 0 spiro atoms. The average molecular weight is 330 g/mol. The van der Waals surface area contributed by atoms with Crippen molar-refractivity contribution in [3.05, 3.63) is 30.1 Å². The molecule has 1 aromatic rings. The lowest BCUT2D eigenvalue weighted by atomic mass is 9.79. The third-order valence-electron chi connectivity index (χ3n) is 5.74. The molecule has 2 saturated heterocycles. The van der Waals surface area contributed by atoms with Gasteiger partial charge in [0.2, 0.25) is 0 Å². The highest BCUT2D eigenvalue weighted by Crippen LogP contribution is 2.38. The van der Waals surface area contributed by atoms with Crippen molar-refractivity contribution in [2.45, 2.75) is 50.9 Å². The van der Waals surface area contributed by atoms with Crippen LogP contribution in [-0.2, 0) is 20.9 Å². The van der Waals surface area contributed by atoms with Gasteiger partial charge in [0.05, 0.1) is 12.7 Å². The largest absolute Gasteiger partial charge is 0.373 e. The molecule has 24 heavy (non-hydrogen) atoms. The van der Waals surface area contributed by atoms with E-state index in [2.05, 4.69) is 11.1 Å².